The zero-order chi connectivity index (χ0) is 15.5. The molecule has 1 saturated carbocycles. The molecule has 1 aliphatic rings. The Morgan fingerprint density at radius 3 is 2.95 bits per heavy atom. The van der Waals surface area contributed by atoms with Crippen LogP contribution in [0, 0.1) is 0 Å². The van der Waals surface area contributed by atoms with Crippen LogP contribution in [0.4, 0.5) is 17.5 Å². The Morgan fingerprint density at radius 2 is 2.23 bits per heavy atom. The summed E-state index contributed by atoms with van der Waals surface area (Å²) in [5.74, 6) is 0.520. The van der Waals surface area contributed by atoms with E-state index in [0.717, 1.165) is 12.8 Å². The van der Waals surface area contributed by atoms with Crippen LogP contribution in [0.25, 0.3) is 0 Å². The van der Waals surface area contributed by atoms with Gasteiger partial charge in [0.1, 0.15) is 0 Å². The lowest BCUT2D eigenvalue weighted by Gasteiger charge is -2.10. The van der Waals surface area contributed by atoms with E-state index >= 15 is 0 Å². The SMILES string of the molecule is COC(=O)c1ccc(Cl)c(Nc2cnnc(NC3CC3)n2)c1. The Morgan fingerprint density at radius 1 is 1.41 bits per heavy atom. The third kappa shape index (κ3) is 3.43. The second-order valence-electron chi connectivity index (χ2n) is 4.90. The predicted molar refractivity (Wildman–Crippen MR) is 82.5 cm³/mol. The molecule has 0 unspecified atom stereocenters. The number of anilines is 3. The minimum absolute atomic E-state index is 0.396. The first kappa shape index (κ1) is 14.5. The molecule has 0 spiro atoms. The summed E-state index contributed by atoms with van der Waals surface area (Å²) in [6.45, 7) is 0. The van der Waals surface area contributed by atoms with Gasteiger partial charge in [0.2, 0.25) is 5.95 Å². The maximum Gasteiger partial charge on any atom is 0.337 e. The van der Waals surface area contributed by atoms with Crippen molar-refractivity contribution in [3.63, 3.8) is 0 Å². The van der Waals surface area contributed by atoms with Crippen molar-refractivity contribution in [2.24, 2.45) is 0 Å². The molecule has 3 rings (SSSR count). The number of aromatic nitrogens is 3. The number of nitrogens with zero attached hydrogens (tertiary/aromatic N) is 3. The Balaban J connectivity index is 1.81. The van der Waals surface area contributed by atoms with Crippen molar-refractivity contribution in [1.29, 1.82) is 0 Å². The number of carbonyl (C=O) groups is 1. The number of benzene rings is 1. The van der Waals surface area contributed by atoms with Crippen molar-refractivity contribution in [3.05, 3.63) is 35.0 Å². The maximum atomic E-state index is 11.6. The van der Waals surface area contributed by atoms with Gasteiger partial charge in [-0.05, 0) is 31.0 Å². The van der Waals surface area contributed by atoms with Gasteiger partial charge in [-0.2, -0.15) is 10.1 Å². The number of carbonyl (C=O) groups excluding carboxylic acids is 1. The third-order valence-corrected chi connectivity index (χ3v) is 3.45. The van der Waals surface area contributed by atoms with Gasteiger partial charge in [0.25, 0.3) is 0 Å². The first-order valence-electron chi connectivity index (χ1n) is 6.77. The van der Waals surface area contributed by atoms with Gasteiger partial charge in [-0.15, -0.1) is 5.10 Å². The van der Waals surface area contributed by atoms with E-state index in [-0.39, 0.29) is 0 Å². The highest BCUT2D eigenvalue weighted by Crippen LogP contribution is 2.27. The lowest BCUT2D eigenvalue weighted by molar-refractivity contribution is 0.0601. The number of ether oxygens (including phenoxy) is 1. The lowest BCUT2D eigenvalue weighted by Crippen LogP contribution is -2.08. The van der Waals surface area contributed by atoms with Crippen LogP contribution in [0.15, 0.2) is 24.4 Å². The summed E-state index contributed by atoms with van der Waals surface area (Å²) in [4.78, 5) is 15.9. The molecule has 7 nitrogen and oxygen atoms in total. The zero-order valence-electron chi connectivity index (χ0n) is 11.8. The van der Waals surface area contributed by atoms with Crippen molar-refractivity contribution in [2.45, 2.75) is 18.9 Å². The fraction of sp³-hybridized carbons (Fsp3) is 0.286. The van der Waals surface area contributed by atoms with E-state index in [1.165, 1.54) is 13.3 Å². The van der Waals surface area contributed by atoms with Crippen molar-refractivity contribution in [1.82, 2.24) is 15.2 Å². The summed E-state index contributed by atoms with van der Waals surface area (Å²) in [6.07, 6.45) is 3.72. The molecule has 0 aliphatic heterocycles. The molecule has 0 amide bonds. The molecule has 0 radical (unpaired) electrons. The van der Waals surface area contributed by atoms with Crippen LogP contribution in [0.2, 0.25) is 5.02 Å². The van der Waals surface area contributed by atoms with E-state index in [1.54, 1.807) is 18.2 Å². The van der Waals surface area contributed by atoms with Crippen LogP contribution >= 0.6 is 11.6 Å². The molecule has 2 N–H and O–H groups in total. The quantitative estimate of drug-likeness (QED) is 0.819. The summed E-state index contributed by atoms with van der Waals surface area (Å²) in [5, 5.41) is 14.5. The molecular weight excluding hydrogens is 306 g/mol. The average Bonchev–Trinajstić information content (AvgIpc) is 3.33. The van der Waals surface area contributed by atoms with Crippen molar-refractivity contribution < 1.29 is 9.53 Å². The second kappa shape index (κ2) is 6.15. The van der Waals surface area contributed by atoms with Gasteiger partial charge < -0.3 is 15.4 Å². The van der Waals surface area contributed by atoms with Crippen LogP contribution in [0.5, 0.6) is 0 Å². The largest absolute Gasteiger partial charge is 0.465 e. The first-order valence-corrected chi connectivity index (χ1v) is 7.14. The fourth-order valence-corrected chi connectivity index (χ4v) is 2.00. The van der Waals surface area contributed by atoms with Gasteiger partial charge in [0, 0.05) is 6.04 Å². The van der Waals surface area contributed by atoms with E-state index in [4.69, 9.17) is 16.3 Å². The molecule has 1 aliphatic carbocycles. The third-order valence-electron chi connectivity index (χ3n) is 3.12. The van der Waals surface area contributed by atoms with E-state index in [2.05, 4.69) is 25.8 Å². The fourth-order valence-electron chi connectivity index (χ4n) is 1.84. The Labute approximate surface area is 132 Å². The molecule has 1 heterocycles. The standard InChI is InChI=1S/C14H14ClN5O2/c1-22-13(21)8-2-5-10(15)11(6-8)18-12-7-16-20-14(19-12)17-9-3-4-9/h2,5-7,9H,3-4H2,1H3,(H2,17,18,19,20). The second-order valence-corrected chi connectivity index (χ2v) is 5.30. The average molecular weight is 320 g/mol. The normalized spacial score (nSPS) is 13.5. The van der Waals surface area contributed by atoms with Gasteiger partial charge in [0.15, 0.2) is 5.82 Å². The lowest BCUT2D eigenvalue weighted by atomic mass is 10.2. The van der Waals surface area contributed by atoms with Crippen molar-refractivity contribution in [2.75, 3.05) is 17.7 Å². The minimum atomic E-state index is -0.434. The zero-order valence-corrected chi connectivity index (χ0v) is 12.6. The topological polar surface area (TPSA) is 89.0 Å². The number of nitrogens with one attached hydrogen (secondary N) is 2. The highest BCUT2D eigenvalue weighted by Gasteiger charge is 2.22. The predicted octanol–water partition coefficient (Wildman–Crippen LogP) is 2.63. The van der Waals surface area contributed by atoms with Gasteiger partial charge in [0.05, 0.1) is 29.6 Å². The molecule has 0 bridgehead atoms. The minimum Gasteiger partial charge on any atom is -0.465 e. The molecular formula is C14H14ClN5O2. The highest BCUT2D eigenvalue weighted by atomic mass is 35.5. The van der Waals surface area contributed by atoms with E-state index in [0.29, 0.717) is 34.1 Å². The summed E-state index contributed by atoms with van der Waals surface area (Å²) in [6, 6.07) is 5.25. The molecule has 1 aromatic heterocycles. The van der Waals surface area contributed by atoms with Crippen molar-refractivity contribution in [3.8, 4) is 0 Å². The number of halogens is 1. The Bertz CT molecular complexity index is 705. The van der Waals surface area contributed by atoms with E-state index < -0.39 is 5.97 Å². The number of esters is 1. The van der Waals surface area contributed by atoms with Crippen LogP contribution in [0.1, 0.15) is 23.2 Å². The van der Waals surface area contributed by atoms with Crippen LogP contribution in [-0.2, 0) is 4.74 Å². The van der Waals surface area contributed by atoms with Crippen LogP contribution in [0.3, 0.4) is 0 Å². The number of hydrogen-bond donors (Lipinski definition) is 2. The van der Waals surface area contributed by atoms with Gasteiger partial charge in [-0.3, -0.25) is 0 Å². The number of methoxy groups -OCH3 is 1. The van der Waals surface area contributed by atoms with Gasteiger partial charge in [-0.1, -0.05) is 11.6 Å². The Hall–Kier alpha value is -2.41. The van der Waals surface area contributed by atoms with Crippen molar-refractivity contribution >= 4 is 35.0 Å². The molecule has 8 heteroatoms. The summed E-state index contributed by atoms with van der Waals surface area (Å²) in [5.41, 5.74) is 0.940. The molecule has 1 fully saturated rings. The summed E-state index contributed by atoms with van der Waals surface area (Å²) >= 11 is 6.13. The van der Waals surface area contributed by atoms with Gasteiger partial charge >= 0.3 is 5.97 Å². The highest BCUT2D eigenvalue weighted by molar-refractivity contribution is 6.33. The Kier molecular flexibility index (Phi) is 4.06. The smallest absolute Gasteiger partial charge is 0.337 e. The van der Waals surface area contributed by atoms with Crippen LogP contribution < -0.4 is 10.6 Å². The molecule has 1 aromatic carbocycles. The maximum absolute atomic E-state index is 11.6. The number of hydrogen-bond acceptors (Lipinski definition) is 7. The first-order chi connectivity index (χ1) is 10.7. The molecule has 114 valence electrons. The molecule has 0 saturated heterocycles. The van der Waals surface area contributed by atoms with Gasteiger partial charge in [-0.25, -0.2) is 4.79 Å². The monoisotopic (exact) mass is 319 g/mol. The summed E-state index contributed by atoms with van der Waals surface area (Å²) in [7, 11) is 1.33. The summed E-state index contributed by atoms with van der Waals surface area (Å²) < 4.78 is 4.69. The van der Waals surface area contributed by atoms with E-state index in [1.807, 2.05) is 0 Å². The molecule has 2 aromatic rings. The van der Waals surface area contributed by atoms with Crippen LogP contribution in [-0.4, -0.2) is 34.3 Å². The number of rotatable bonds is 5. The molecule has 0 atom stereocenters. The molecule has 22 heavy (non-hydrogen) atoms. The van der Waals surface area contributed by atoms with E-state index in [9.17, 15) is 4.79 Å².